The van der Waals surface area contributed by atoms with Crippen LogP contribution in [0.4, 0.5) is 10.5 Å². The molecule has 15 heteroatoms. The van der Waals surface area contributed by atoms with Crippen molar-refractivity contribution in [2.75, 3.05) is 104 Å². The summed E-state index contributed by atoms with van der Waals surface area (Å²) in [5, 5.41) is 10.6. The van der Waals surface area contributed by atoms with Gasteiger partial charge in [-0.25, -0.2) is 9.48 Å². The van der Waals surface area contributed by atoms with Crippen LogP contribution in [0.3, 0.4) is 0 Å². The van der Waals surface area contributed by atoms with Crippen LogP contribution in [0.2, 0.25) is 0 Å². The van der Waals surface area contributed by atoms with Crippen LogP contribution in [0.1, 0.15) is 11.3 Å². The van der Waals surface area contributed by atoms with E-state index >= 15 is 0 Å². The lowest BCUT2D eigenvalue weighted by Crippen LogP contribution is -2.15. The molecule has 0 spiro atoms. The molecule has 0 fully saturated rings. The van der Waals surface area contributed by atoms with Gasteiger partial charge in [-0.3, -0.25) is 5.32 Å². The van der Waals surface area contributed by atoms with E-state index in [1.807, 2.05) is 36.5 Å². The van der Waals surface area contributed by atoms with Crippen molar-refractivity contribution in [3.63, 3.8) is 0 Å². The highest BCUT2D eigenvalue weighted by molar-refractivity contribution is 5.84. The van der Waals surface area contributed by atoms with E-state index in [0.29, 0.717) is 124 Å². The number of carbonyl (C=O) groups excluding carboxylic acids is 1. The highest BCUT2D eigenvalue weighted by atomic mass is 16.6. The Balaban J connectivity index is 0.984. The first kappa shape index (κ1) is 38.8. The Kier molecular flexibility index (Phi) is 21.2. The van der Waals surface area contributed by atoms with Crippen molar-refractivity contribution in [2.45, 2.75) is 19.7 Å². The minimum absolute atomic E-state index is 0.211. The summed E-state index contributed by atoms with van der Waals surface area (Å²) in [5.74, 6) is 0.675. The maximum atomic E-state index is 12.0. The minimum Gasteiger partial charge on any atom is -0.491 e. The van der Waals surface area contributed by atoms with Crippen LogP contribution in [-0.2, 0) is 57.6 Å². The fraction of sp³-hybridized carbons (Fsp3) is 0.545. The van der Waals surface area contributed by atoms with E-state index in [1.165, 1.54) is 0 Å². The topological polar surface area (TPSA) is 169 Å². The van der Waals surface area contributed by atoms with Gasteiger partial charge in [0.25, 0.3) is 0 Å². The van der Waals surface area contributed by atoms with Crippen molar-refractivity contribution in [2.24, 2.45) is 5.73 Å². The fourth-order valence-electron chi connectivity index (χ4n) is 3.85. The number of carbonyl (C=O) groups is 1. The van der Waals surface area contributed by atoms with Gasteiger partial charge in [0.05, 0.1) is 105 Å². The number of nitrogens with zero attached hydrogens (tertiary/aromatic N) is 3. The second kappa shape index (κ2) is 26.3. The van der Waals surface area contributed by atoms with E-state index in [-0.39, 0.29) is 6.61 Å². The van der Waals surface area contributed by atoms with Crippen molar-refractivity contribution in [3.8, 4) is 5.75 Å². The van der Waals surface area contributed by atoms with E-state index < -0.39 is 6.09 Å². The zero-order chi connectivity index (χ0) is 33.7. The SMILES string of the molecule is NCc1cn(CCOCCOCCOCCOCCOCCOCCOCCOc2ccc(NC(=O)OCc3ccccc3)cc2)nn1. The first-order valence-electron chi connectivity index (χ1n) is 16.1. The molecule has 3 rings (SSSR count). The summed E-state index contributed by atoms with van der Waals surface area (Å²) >= 11 is 0. The van der Waals surface area contributed by atoms with Gasteiger partial charge in [0.1, 0.15) is 19.0 Å². The van der Waals surface area contributed by atoms with Gasteiger partial charge in [0.2, 0.25) is 0 Å². The van der Waals surface area contributed by atoms with E-state index in [4.69, 9.17) is 48.4 Å². The smallest absolute Gasteiger partial charge is 0.411 e. The van der Waals surface area contributed by atoms with E-state index in [9.17, 15) is 4.79 Å². The van der Waals surface area contributed by atoms with Crippen LogP contribution in [0.15, 0.2) is 60.8 Å². The monoisotopic (exact) mass is 675 g/mol. The van der Waals surface area contributed by atoms with Gasteiger partial charge in [-0.05, 0) is 29.8 Å². The zero-order valence-electron chi connectivity index (χ0n) is 27.5. The molecule has 3 aromatic rings. The van der Waals surface area contributed by atoms with Gasteiger partial charge in [-0.15, -0.1) is 5.10 Å². The quantitative estimate of drug-likeness (QED) is 0.103. The van der Waals surface area contributed by atoms with Gasteiger partial charge in [-0.2, -0.15) is 0 Å². The number of ether oxygens (including phenoxy) is 9. The summed E-state index contributed by atoms with van der Waals surface area (Å²) in [7, 11) is 0. The van der Waals surface area contributed by atoms with Crippen molar-refractivity contribution >= 4 is 11.8 Å². The normalized spacial score (nSPS) is 11.1. The van der Waals surface area contributed by atoms with Gasteiger partial charge in [-0.1, -0.05) is 35.5 Å². The molecule has 15 nitrogen and oxygen atoms in total. The van der Waals surface area contributed by atoms with Crippen LogP contribution >= 0.6 is 0 Å². The van der Waals surface area contributed by atoms with Crippen molar-refractivity contribution < 1.29 is 47.4 Å². The summed E-state index contributed by atoms with van der Waals surface area (Å²) < 4.78 is 51.1. The molecule has 0 aliphatic heterocycles. The highest BCUT2D eigenvalue weighted by Gasteiger charge is 2.04. The van der Waals surface area contributed by atoms with Crippen LogP contribution in [0.5, 0.6) is 5.75 Å². The maximum Gasteiger partial charge on any atom is 0.411 e. The number of rotatable bonds is 29. The molecule has 0 atom stereocenters. The van der Waals surface area contributed by atoms with Crippen LogP contribution in [0.25, 0.3) is 0 Å². The summed E-state index contributed by atoms with van der Waals surface area (Å²) in [4.78, 5) is 12.0. The Hall–Kier alpha value is -3.67. The molecule has 0 saturated carbocycles. The Morgan fingerprint density at radius 1 is 0.646 bits per heavy atom. The van der Waals surface area contributed by atoms with Crippen LogP contribution in [-0.4, -0.2) is 120 Å². The number of aromatic nitrogens is 3. The minimum atomic E-state index is -0.516. The van der Waals surface area contributed by atoms with Gasteiger partial charge < -0.3 is 48.4 Å². The van der Waals surface area contributed by atoms with Crippen molar-refractivity contribution in [1.82, 2.24) is 15.0 Å². The first-order chi connectivity index (χ1) is 23.7. The Morgan fingerprint density at radius 3 is 1.65 bits per heavy atom. The summed E-state index contributed by atoms with van der Waals surface area (Å²) in [6.07, 6.45) is 1.29. The summed E-state index contributed by atoms with van der Waals surface area (Å²) in [5.41, 5.74) is 7.80. The second-order valence-electron chi connectivity index (χ2n) is 10.0. The number of benzene rings is 2. The van der Waals surface area contributed by atoms with Crippen LogP contribution < -0.4 is 15.8 Å². The Bertz CT molecular complexity index is 1200. The molecular weight excluding hydrogens is 626 g/mol. The number of nitrogens with two attached hydrogens (primary N) is 1. The van der Waals surface area contributed by atoms with Gasteiger partial charge >= 0.3 is 6.09 Å². The first-order valence-corrected chi connectivity index (χ1v) is 16.1. The standard InChI is InChI=1S/C33H49N5O10/c34-26-31-27-38(37-36-31)10-11-40-12-13-41-14-15-42-16-17-43-18-19-44-20-21-45-22-23-46-24-25-47-32-8-6-30(7-9-32)35-33(39)48-28-29-4-2-1-3-5-29/h1-9,27H,10-26,28,34H2,(H,35,39). The Morgan fingerprint density at radius 2 is 1.15 bits per heavy atom. The lowest BCUT2D eigenvalue weighted by atomic mass is 10.2. The number of hydrogen-bond donors (Lipinski definition) is 2. The predicted molar refractivity (Wildman–Crippen MR) is 176 cm³/mol. The molecule has 0 aliphatic rings. The molecule has 3 N–H and O–H groups in total. The third kappa shape index (κ3) is 19.2. The van der Waals surface area contributed by atoms with E-state index in [0.717, 1.165) is 11.3 Å². The van der Waals surface area contributed by atoms with E-state index in [1.54, 1.807) is 28.9 Å². The Labute approximate surface area is 281 Å². The molecule has 0 bridgehead atoms. The largest absolute Gasteiger partial charge is 0.491 e. The fourth-order valence-corrected chi connectivity index (χ4v) is 3.85. The third-order valence-corrected chi connectivity index (χ3v) is 6.30. The molecule has 0 radical (unpaired) electrons. The van der Waals surface area contributed by atoms with Crippen LogP contribution in [0, 0.1) is 0 Å². The molecular formula is C33H49N5O10. The average molecular weight is 676 g/mol. The number of nitrogens with one attached hydrogen (secondary N) is 1. The second-order valence-corrected chi connectivity index (χ2v) is 10.0. The highest BCUT2D eigenvalue weighted by Crippen LogP contribution is 2.16. The molecule has 266 valence electrons. The van der Waals surface area contributed by atoms with Gasteiger partial charge in [0, 0.05) is 18.4 Å². The maximum absolute atomic E-state index is 12.0. The summed E-state index contributed by atoms with van der Waals surface area (Å²) in [6.45, 7) is 8.42. The number of anilines is 1. The molecule has 0 aliphatic carbocycles. The van der Waals surface area contributed by atoms with E-state index in [2.05, 4.69) is 15.6 Å². The lowest BCUT2D eigenvalue weighted by Gasteiger charge is -2.10. The zero-order valence-corrected chi connectivity index (χ0v) is 27.5. The third-order valence-electron chi connectivity index (χ3n) is 6.30. The number of hydrogen-bond acceptors (Lipinski definition) is 13. The summed E-state index contributed by atoms with van der Waals surface area (Å²) in [6, 6.07) is 16.5. The average Bonchev–Trinajstić information content (AvgIpc) is 3.58. The van der Waals surface area contributed by atoms with Gasteiger partial charge in [0.15, 0.2) is 0 Å². The number of amides is 1. The molecule has 1 aromatic heterocycles. The molecule has 1 amide bonds. The molecule has 48 heavy (non-hydrogen) atoms. The molecule has 1 heterocycles. The van der Waals surface area contributed by atoms with Crippen molar-refractivity contribution in [1.29, 1.82) is 0 Å². The lowest BCUT2D eigenvalue weighted by molar-refractivity contribution is -0.0214. The molecule has 0 saturated heterocycles. The van der Waals surface area contributed by atoms with Crippen molar-refractivity contribution in [3.05, 3.63) is 72.1 Å². The molecule has 0 unspecified atom stereocenters. The molecule has 2 aromatic carbocycles. The predicted octanol–water partition coefficient (Wildman–Crippen LogP) is 2.68.